The standard InChI is InChI=1S/C26H30N2O3S/c1-16(17-9-6-5-7-10-17)27-24(30)22-19-13-12-18(26(2,3)4)15-21(19)32-25(22)28-23(29)20-11-8-14-31-20/h5-11,14,16,18H,12-13,15H2,1-4H3,(H,27,30)(H,28,29)/t16-,18+/m1/s1. The van der Waals surface area contributed by atoms with E-state index in [1.165, 1.54) is 22.5 Å². The molecule has 2 amide bonds. The fourth-order valence-corrected chi connectivity index (χ4v) is 5.64. The van der Waals surface area contributed by atoms with Gasteiger partial charge in [0.25, 0.3) is 11.8 Å². The highest BCUT2D eigenvalue weighted by molar-refractivity contribution is 7.17. The van der Waals surface area contributed by atoms with Crippen LogP contribution in [0.25, 0.3) is 0 Å². The summed E-state index contributed by atoms with van der Waals surface area (Å²) in [5.74, 6) is 0.281. The normalized spacial score (nSPS) is 16.8. The van der Waals surface area contributed by atoms with E-state index in [4.69, 9.17) is 4.42 Å². The van der Waals surface area contributed by atoms with Crippen LogP contribution in [0.3, 0.4) is 0 Å². The SMILES string of the molecule is C[C@@H](NC(=O)c1c(NC(=O)c2ccco2)sc2c1CC[C@H](C(C)(C)C)C2)c1ccccc1. The number of carbonyl (C=O) groups excluding carboxylic acids is 2. The second kappa shape index (κ2) is 8.94. The number of hydrogen-bond donors (Lipinski definition) is 2. The van der Waals surface area contributed by atoms with Crippen LogP contribution in [0.1, 0.15) is 77.1 Å². The number of fused-ring (bicyclic) bond motifs is 1. The fraction of sp³-hybridized carbons (Fsp3) is 0.385. The molecule has 0 fully saturated rings. The maximum absolute atomic E-state index is 13.4. The molecule has 0 aliphatic heterocycles. The first-order valence-corrected chi connectivity index (χ1v) is 11.9. The van der Waals surface area contributed by atoms with Crippen LogP contribution in [-0.2, 0) is 12.8 Å². The summed E-state index contributed by atoms with van der Waals surface area (Å²) in [5, 5.41) is 6.67. The lowest BCUT2D eigenvalue weighted by Crippen LogP contribution is -2.30. The van der Waals surface area contributed by atoms with Gasteiger partial charge in [-0.05, 0) is 60.8 Å². The number of nitrogens with one attached hydrogen (secondary N) is 2. The van der Waals surface area contributed by atoms with Crippen LogP contribution in [0.5, 0.6) is 0 Å². The van der Waals surface area contributed by atoms with E-state index in [0.717, 1.165) is 30.4 Å². The van der Waals surface area contributed by atoms with E-state index >= 15 is 0 Å². The Bertz CT molecular complexity index is 1090. The van der Waals surface area contributed by atoms with Crippen molar-refractivity contribution in [3.63, 3.8) is 0 Å². The summed E-state index contributed by atoms with van der Waals surface area (Å²) in [4.78, 5) is 27.3. The van der Waals surface area contributed by atoms with Crippen molar-refractivity contribution in [3.05, 3.63) is 76.1 Å². The van der Waals surface area contributed by atoms with Gasteiger partial charge in [0.15, 0.2) is 5.76 Å². The molecule has 4 rings (SSSR count). The number of anilines is 1. The number of furan rings is 1. The Labute approximate surface area is 193 Å². The van der Waals surface area contributed by atoms with Crippen LogP contribution in [0.2, 0.25) is 0 Å². The summed E-state index contributed by atoms with van der Waals surface area (Å²) >= 11 is 1.52. The lowest BCUT2D eigenvalue weighted by atomic mass is 9.72. The molecule has 2 heterocycles. The lowest BCUT2D eigenvalue weighted by Gasteiger charge is -2.34. The minimum absolute atomic E-state index is 0.140. The number of rotatable bonds is 5. The molecule has 2 aromatic heterocycles. The Morgan fingerprint density at radius 1 is 1.09 bits per heavy atom. The minimum Gasteiger partial charge on any atom is -0.459 e. The summed E-state index contributed by atoms with van der Waals surface area (Å²) in [6.45, 7) is 8.78. The van der Waals surface area contributed by atoms with Crippen LogP contribution in [-0.4, -0.2) is 11.8 Å². The molecule has 0 bridgehead atoms. The smallest absolute Gasteiger partial charge is 0.291 e. The van der Waals surface area contributed by atoms with Gasteiger partial charge in [-0.1, -0.05) is 51.1 Å². The molecule has 5 nitrogen and oxygen atoms in total. The third kappa shape index (κ3) is 4.65. The molecule has 0 radical (unpaired) electrons. The van der Waals surface area contributed by atoms with E-state index in [2.05, 4.69) is 31.4 Å². The van der Waals surface area contributed by atoms with Gasteiger partial charge in [0.2, 0.25) is 0 Å². The zero-order valence-electron chi connectivity index (χ0n) is 19.0. The van der Waals surface area contributed by atoms with Crippen molar-refractivity contribution < 1.29 is 14.0 Å². The second-order valence-electron chi connectivity index (χ2n) is 9.55. The molecule has 0 saturated heterocycles. The Balaban J connectivity index is 1.65. The first-order chi connectivity index (χ1) is 15.2. The summed E-state index contributed by atoms with van der Waals surface area (Å²) in [5.41, 5.74) is 2.91. The number of carbonyl (C=O) groups is 2. The predicted molar refractivity (Wildman–Crippen MR) is 128 cm³/mol. The van der Waals surface area contributed by atoms with Crippen molar-refractivity contribution in [3.8, 4) is 0 Å². The van der Waals surface area contributed by atoms with E-state index in [0.29, 0.717) is 16.5 Å². The molecular weight excluding hydrogens is 420 g/mol. The van der Waals surface area contributed by atoms with Crippen LogP contribution >= 0.6 is 11.3 Å². The Kier molecular flexibility index (Phi) is 6.24. The molecule has 32 heavy (non-hydrogen) atoms. The lowest BCUT2D eigenvalue weighted by molar-refractivity contribution is 0.0939. The highest BCUT2D eigenvalue weighted by atomic mass is 32.1. The number of hydrogen-bond acceptors (Lipinski definition) is 4. The Morgan fingerprint density at radius 2 is 1.84 bits per heavy atom. The number of amides is 2. The van der Waals surface area contributed by atoms with E-state index < -0.39 is 0 Å². The molecule has 1 aliphatic carbocycles. The van der Waals surface area contributed by atoms with Gasteiger partial charge in [-0.3, -0.25) is 9.59 Å². The minimum atomic E-state index is -0.342. The number of benzene rings is 1. The molecular formula is C26H30N2O3S. The van der Waals surface area contributed by atoms with E-state index in [1.54, 1.807) is 12.1 Å². The molecule has 2 atom stereocenters. The molecule has 1 aliphatic rings. The average Bonchev–Trinajstić information content (AvgIpc) is 3.41. The van der Waals surface area contributed by atoms with Gasteiger partial charge in [-0.2, -0.15) is 0 Å². The van der Waals surface area contributed by atoms with Crippen LogP contribution < -0.4 is 10.6 Å². The summed E-state index contributed by atoms with van der Waals surface area (Å²) in [6, 6.07) is 13.1. The monoisotopic (exact) mass is 450 g/mol. The van der Waals surface area contributed by atoms with Crippen molar-refractivity contribution in [1.29, 1.82) is 0 Å². The topological polar surface area (TPSA) is 71.3 Å². The zero-order valence-corrected chi connectivity index (χ0v) is 19.8. The van der Waals surface area contributed by atoms with E-state index in [1.807, 2.05) is 37.3 Å². The number of thiophene rings is 1. The second-order valence-corrected chi connectivity index (χ2v) is 10.7. The van der Waals surface area contributed by atoms with Gasteiger partial charge in [-0.15, -0.1) is 11.3 Å². The summed E-state index contributed by atoms with van der Waals surface area (Å²) < 4.78 is 5.25. The first-order valence-electron chi connectivity index (χ1n) is 11.1. The molecule has 6 heteroatoms. The van der Waals surface area contributed by atoms with Crippen molar-refractivity contribution in [2.24, 2.45) is 11.3 Å². The van der Waals surface area contributed by atoms with Crippen molar-refractivity contribution in [2.45, 2.75) is 53.0 Å². The average molecular weight is 451 g/mol. The molecule has 0 unspecified atom stereocenters. The molecule has 3 aromatic rings. The quantitative estimate of drug-likeness (QED) is 0.484. The van der Waals surface area contributed by atoms with Crippen molar-refractivity contribution in [1.82, 2.24) is 5.32 Å². The maximum atomic E-state index is 13.4. The third-order valence-electron chi connectivity index (χ3n) is 6.34. The first kappa shape index (κ1) is 22.3. The van der Waals surface area contributed by atoms with Crippen LogP contribution in [0.15, 0.2) is 53.1 Å². The summed E-state index contributed by atoms with van der Waals surface area (Å²) in [7, 11) is 0. The Morgan fingerprint density at radius 3 is 2.50 bits per heavy atom. The predicted octanol–water partition coefficient (Wildman–Crippen LogP) is 6.24. The Hall–Kier alpha value is -2.86. The molecule has 2 N–H and O–H groups in total. The zero-order chi connectivity index (χ0) is 22.9. The highest BCUT2D eigenvalue weighted by Gasteiger charge is 2.34. The highest BCUT2D eigenvalue weighted by Crippen LogP contribution is 2.44. The van der Waals surface area contributed by atoms with Gasteiger partial charge in [0, 0.05) is 4.88 Å². The van der Waals surface area contributed by atoms with Gasteiger partial charge in [0.1, 0.15) is 5.00 Å². The van der Waals surface area contributed by atoms with Gasteiger partial charge in [-0.25, -0.2) is 0 Å². The van der Waals surface area contributed by atoms with Gasteiger partial charge in [0.05, 0.1) is 17.9 Å². The third-order valence-corrected chi connectivity index (χ3v) is 7.51. The van der Waals surface area contributed by atoms with Crippen molar-refractivity contribution in [2.75, 3.05) is 5.32 Å². The maximum Gasteiger partial charge on any atom is 0.291 e. The molecule has 168 valence electrons. The van der Waals surface area contributed by atoms with Gasteiger partial charge >= 0.3 is 0 Å². The summed E-state index contributed by atoms with van der Waals surface area (Å²) in [6.07, 6.45) is 4.27. The van der Waals surface area contributed by atoms with Crippen LogP contribution in [0, 0.1) is 11.3 Å². The molecule has 0 saturated carbocycles. The molecule has 0 spiro atoms. The molecule has 1 aromatic carbocycles. The van der Waals surface area contributed by atoms with E-state index in [9.17, 15) is 9.59 Å². The van der Waals surface area contributed by atoms with Gasteiger partial charge < -0.3 is 15.1 Å². The fourth-order valence-electron chi connectivity index (χ4n) is 4.32. The van der Waals surface area contributed by atoms with E-state index in [-0.39, 0.29) is 29.0 Å². The van der Waals surface area contributed by atoms with Crippen LogP contribution in [0.4, 0.5) is 5.00 Å². The van der Waals surface area contributed by atoms with Crippen molar-refractivity contribution >= 4 is 28.2 Å². The largest absolute Gasteiger partial charge is 0.459 e.